The van der Waals surface area contributed by atoms with Crippen molar-refractivity contribution in [2.75, 3.05) is 33.4 Å². The predicted octanol–water partition coefficient (Wildman–Crippen LogP) is 3.23. The van der Waals surface area contributed by atoms with Crippen molar-refractivity contribution in [3.05, 3.63) is 35.9 Å². The lowest BCUT2D eigenvalue weighted by Crippen LogP contribution is -2.60. The highest BCUT2D eigenvalue weighted by molar-refractivity contribution is 5.21. The molecule has 3 heteroatoms. The van der Waals surface area contributed by atoms with E-state index < -0.39 is 0 Å². The number of nitrogens with one attached hydrogen (secondary N) is 1. The van der Waals surface area contributed by atoms with Gasteiger partial charge in [-0.25, -0.2) is 0 Å². The summed E-state index contributed by atoms with van der Waals surface area (Å²) in [4.78, 5) is 2.65. The highest BCUT2D eigenvalue weighted by atomic mass is 16.5. The normalized spacial score (nSPS) is 22.3. The number of methoxy groups -OCH3 is 1. The van der Waals surface area contributed by atoms with Gasteiger partial charge in [-0.2, -0.15) is 0 Å². The quantitative estimate of drug-likeness (QED) is 0.780. The van der Waals surface area contributed by atoms with Crippen molar-refractivity contribution >= 4 is 0 Å². The first-order valence-electron chi connectivity index (χ1n) is 8.27. The van der Waals surface area contributed by atoms with Crippen LogP contribution in [-0.4, -0.2) is 43.8 Å². The lowest BCUT2D eigenvalue weighted by Gasteiger charge is -2.47. The molecule has 3 nitrogen and oxygen atoms in total. The molecule has 1 heterocycles. The molecular weight excluding hydrogens is 260 g/mol. The van der Waals surface area contributed by atoms with Crippen LogP contribution in [0.5, 0.6) is 0 Å². The lowest BCUT2D eigenvalue weighted by molar-refractivity contribution is 0.0632. The van der Waals surface area contributed by atoms with Gasteiger partial charge in [-0.3, -0.25) is 4.90 Å². The molecule has 21 heavy (non-hydrogen) atoms. The molecule has 2 rings (SSSR count). The first-order chi connectivity index (χ1) is 10.2. The second kappa shape index (κ2) is 7.92. The Balaban J connectivity index is 2.12. The molecule has 1 atom stereocenters. The molecule has 118 valence electrons. The van der Waals surface area contributed by atoms with Gasteiger partial charge in [0.25, 0.3) is 0 Å². The van der Waals surface area contributed by atoms with Crippen molar-refractivity contribution in [3.63, 3.8) is 0 Å². The van der Waals surface area contributed by atoms with Gasteiger partial charge in [-0.05, 0) is 24.8 Å². The fraction of sp³-hybridized carbons (Fsp3) is 0.667. The third kappa shape index (κ3) is 4.06. The van der Waals surface area contributed by atoms with Crippen molar-refractivity contribution in [2.45, 2.75) is 44.7 Å². The van der Waals surface area contributed by atoms with E-state index in [1.54, 1.807) is 7.11 Å². The fourth-order valence-electron chi connectivity index (χ4n) is 3.37. The van der Waals surface area contributed by atoms with Crippen LogP contribution in [0.4, 0.5) is 0 Å². The van der Waals surface area contributed by atoms with E-state index in [9.17, 15) is 0 Å². The SMILES string of the molecule is CCC1(CC)CN(CCCOC)C(c2ccccc2)CN1. The summed E-state index contributed by atoms with van der Waals surface area (Å²) in [5, 5.41) is 3.83. The Morgan fingerprint density at radius 1 is 1.24 bits per heavy atom. The van der Waals surface area contributed by atoms with Gasteiger partial charge >= 0.3 is 0 Å². The molecule has 0 amide bonds. The van der Waals surface area contributed by atoms with E-state index >= 15 is 0 Å². The summed E-state index contributed by atoms with van der Waals surface area (Å²) in [6.45, 7) is 8.72. The highest BCUT2D eigenvalue weighted by Gasteiger charge is 2.36. The first-order valence-corrected chi connectivity index (χ1v) is 8.27. The third-order valence-electron chi connectivity index (χ3n) is 4.95. The van der Waals surface area contributed by atoms with Crippen molar-refractivity contribution in [1.82, 2.24) is 10.2 Å². The average Bonchev–Trinajstić information content (AvgIpc) is 2.56. The van der Waals surface area contributed by atoms with Gasteiger partial charge in [-0.15, -0.1) is 0 Å². The largest absolute Gasteiger partial charge is 0.385 e. The molecule has 1 aliphatic rings. The van der Waals surface area contributed by atoms with Crippen LogP contribution in [-0.2, 0) is 4.74 Å². The molecule has 1 unspecified atom stereocenters. The number of nitrogens with zero attached hydrogens (tertiary/aromatic N) is 1. The summed E-state index contributed by atoms with van der Waals surface area (Å²) in [6, 6.07) is 11.4. The highest BCUT2D eigenvalue weighted by Crippen LogP contribution is 2.30. The van der Waals surface area contributed by atoms with Crippen LogP contribution in [0.1, 0.15) is 44.7 Å². The molecule has 0 saturated carbocycles. The van der Waals surface area contributed by atoms with Crippen molar-refractivity contribution in [2.24, 2.45) is 0 Å². The molecule has 1 N–H and O–H groups in total. The predicted molar refractivity (Wildman–Crippen MR) is 88.6 cm³/mol. The number of piperazine rings is 1. The van der Waals surface area contributed by atoms with Gasteiger partial charge < -0.3 is 10.1 Å². The number of rotatable bonds is 7. The van der Waals surface area contributed by atoms with Crippen LogP contribution in [0.2, 0.25) is 0 Å². The second-order valence-corrected chi connectivity index (χ2v) is 6.11. The zero-order chi connectivity index (χ0) is 15.1. The van der Waals surface area contributed by atoms with E-state index in [1.807, 2.05) is 0 Å². The molecule has 0 bridgehead atoms. The summed E-state index contributed by atoms with van der Waals surface area (Å²) in [5.74, 6) is 0. The van der Waals surface area contributed by atoms with Crippen LogP contribution in [0.15, 0.2) is 30.3 Å². The third-order valence-corrected chi connectivity index (χ3v) is 4.95. The number of benzene rings is 1. The molecule has 0 radical (unpaired) electrons. The lowest BCUT2D eigenvalue weighted by atomic mass is 9.87. The van der Waals surface area contributed by atoms with Crippen LogP contribution < -0.4 is 5.32 Å². The van der Waals surface area contributed by atoms with E-state index in [0.717, 1.165) is 32.7 Å². The molecule has 0 aliphatic carbocycles. The monoisotopic (exact) mass is 290 g/mol. The number of hydrogen-bond acceptors (Lipinski definition) is 3. The van der Waals surface area contributed by atoms with Crippen molar-refractivity contribution in [1.29, 1.82) is 0 Å². The van der Waals surface area contributed by atoms with Gasteiger partial charge in [0.2, 0.25) is 0 Å². The fourth-order valence-corrected chi connectivity index (χ4v) is 3.37. The summed E-state index contributed by atoms with van der Waals surface area (Å²) in [7, 11) is 1.79. The Kier molecular flexibility index (Phi) is 6.22. The van der Waals surface area contributed by atoms with E-state index in [4.69, 9.17) is 4.74 Å². The average molecular weight is 290 g/mol. The van der Waals surface area contributed by atoms with Crippen LogP contribution in [0.25, 0.3) is 0 Å². The van der Waals surface area contributed by atoms with Crippen molar-refractivity contribution in [3.8, 4) is 0 Å². The summed E-state index contributed by atoms with van der Waals surface area (Å²) >= 11 is 0. The van der Waals surface area contributed by atoms with Gasteiger partial charge in [0.15, 0.2) is 0 Å². The first kappa shape index (κ1) is 16.5. The minimum absolute atomic E-state index is 0.276. The van der Waals surface area contributed by atoms with E-state index in [1.165, 1.54) is 18.4 Å². The molecule has 1 aliphatic heterocycles. The number of ether oxygens (including phenoxy) is 1. The Morgan fingerprint density at radius 3 is 2.57 bits per heavy atom. The molecule has 0 spiro atoms. The maximum Gasteiger partial charge on any atom is 0.0474 e. The second-order valence-electron chi connectivity index (χ2n) is 6.11. The topological polar surface area (TPSA) is 24.5 Å². The zero-order valence-electron chi connectivity index (χ0n) is 13.8. The molecule has 0 aromatic heterocycles. The maximum atomic E-state index is 5.24. The van der Waals surface area contributed by atoms with Gasteiger partial charge in [0.1, 0.15) is 0 Å². The smallest absolute Gasteiger partial charge is 0.0474 e. The summed E-state index contributed by atoms with van der Waals surface area (Å²) < 4.78 is 5.24. The van der Waals surface area contributed by atoms with Crippen LogP contribution in [0.3, 0.4) is 0 Å². The Morgan fingerprint density at radius 2 is 1.95 bits per heavy atom. The van der Waals surface area contributed by atoms with Gasteiger partial charge in [-0.1, -0.05) is 44.2 Å². The molecule has 1 aromatic rings. The zero-order valence-corrected chi connectivity index (χ0v) is 13.8. The minimum atomic E-state index is 0.276. The molecule has 1 saturated heterocycles. The Hall–Kier alpha value is -0.900. The molecule has 1 aromatic carbocycles. The maximum absolute atomic E-state index is 5.24. The van der Waals surface area contributed by atoms with E-state index in [-0.39, 0.29) is 5.54 Å². The Labute approximate surface area is 129 Å². The minimum Gasteiger partial charge on any atom is -0.385 e. The van der Waals surface area contributed by atoms with Gasteiger partial charge in [0, 0.05) is 44.9 Å². The van der Waals surface area contributed by atoms with Crippen LogP contribution in [0, 0.1) is 0 Å². The van der Waals surface area contributed by atoms with Gasteiger partial charge in [0.05, 0.1) is 0 Å². The molecular formula is C18H30N2O. The summed E-state index contributed by atoms with van der Waals surface area (Å²) in [5.41, 5.74) is 1.70. The standard InChI is InChI=1S/C18H30N2O/c1-4-18(5-2)15-20(12-9-13-21-3)17(14-19-18)16-10-7-6-8-11-16/h6-8,10-11,17,19H,4-5,9,12-15H2,1-3H3. The van der Waals surface area contributed by atoms with Crippen molar-refractivity contribution < 1.29 is 4.74 Å². The Bertz CT molecular complexity index is 403. The van der Waals surface area contributed by atoms with E-state index in [0.29, 0.717) is 6.04 Å². The summed E-state index contributed by atoms with van der Waals surface area (Å²) in [6.07, 6.45) is 3.47. The molecule has 1 fully saturated rings. The van der Waals surface area contributed by atoms with E-state index in [2.05, 4.69) is 54.4 Å². The van der Waals surface area contributed by atoms with Crippen LogP contribution >= 0.6 is 0 Å². The number of hydrogen-bond donors (Lipinski definition) is 1.